The first-order chi connectivity index (χ1) is 17.4. The highest BCUT2D eigenvalue weighted by atomic mass is 16.5. The van der Waals surface area contributed by atoms with E-state index in [2.05, 4.69) is 40.7 Å². The minimum absolute atomic E-state index is 0.0567. The van der Waals surface area contributed by atoms with Gasteiger partial charge in [0.25, 0.3) is 5.91 Å². The molecule has 2 aromatic rings. The average molecular weight is 493 g/mol. The number of ether oxygens (including phenoxy) is 2. The van der Waals surface area contributed by atoms with Gasteiger partial charge >= 0.3 is 0 Å². The van der Waals surface area contributed by atoms with E-state index in [1.807, 2.05) is 19.1 Å². The smallest absolute Gasteiger partial charge is 0.259 e. The topological polar surface area (TPSA) is 88.0 Å². The molecule has 0 aromatic carbocycles. The molecule has 8 nitrogen and oxygen atoms in total. The molecule has 3 atom stereocenters. The van der Waals surface area contributed by atoms with Crippen LogP contribution in [0.2, 0.25) is 0 Å². The molecule has 1 saturated heterocycles. The third-order valence-electron chi connectivity index (χ3n) is 6.95. The third kappa shape index (κ3) is 6.61. The van der Waals surface area contributed by atoms with Gasteiger partial charge in [-0.25, -0.2) is 4.98 Å². The van der Waals surface area contributed by atoms with Gasteiger partial charge in [-0.3, -0.25) is 9.78 Å². The molecule has 1 N–H and O–H groups in total. The normalized spacial score (nSPS) is 21.6. The second kappa shape index (κ2) is 12.3. The van der Waals surface area contributed by atoms with E-state index in [0.717, 1.165) is 44.7 Å². The summed E-state index contributed by atoms with van der Waals surface area (Å²) in [5, 5.41) is 9.87. The summed E-state index contributed by atoms with van der Waals surface area (Å²) >= 11 is 0. The maximum absolute atomic E-state index is 13.6. The van der Waals surface area contributed by atoms with Crippen molar-refractivity contribution in [1.82, 2.24) is 19.8 Å². The van der Waals surface area contributed by atoms with Crippen LogP contribution < -0.4 is 4.74 Å². The van der Waals surface area contributed by atoms with Gasteiger partial charge in [0.15, 0.2) is 0 Å². The van der Waals surface area contributed by atoms with E-state index < -0.39 is 0 Å². The number of pyridine rings is 2. The molecule has 192 valence electrons. The zero-order chi connectivity index (χ0) is 25.5. The van der Waals surface area contributed by atoms with E-state index in [1.54, 1.807) is 29.6 Å². The van der Waals surface area contributed by atoms with Gasteiger partial charge in [-0.15, -0.1) is 0 Å². The summed E-state index contributed by atoms with van der Waals surface area (Å²) in [6.45, 7) is 7.69. The van der Waals surface area contributed by atoms with E-state index in [4.69, 9.17) is 9.47 Å². The molecule has 0 unspecified atom stereocenters. The molecule has 1 fully saturated rings. The molecule has 1 amide bonds. The molecule has 8 heteroatoms. The predicted molar refractivity (Wildman–Crippen MR) is 137 cm³/mol. The molecule has 4 heterocycles. The molecule has 4 rings (SSSR count). The van der Waals surface area contributed by atoms with Crippen LogP contribution in [-0.2, 0) is 4.74 Å². The number of nitrogens with zero attached hydrogens (tertiary/aromatic N) is 4. The number of fused-ring (bicyclic) bond motifs is 1. The van der Waals surface area contributed by atoms with Gasteiger partial charge in [0.2, 0.25) is 5.88 Å². The lowest BCUT2D eigenvalue weighted by molar-refractivity contribution is 0.0254. The van der Waals surface area contributed by atoms with E-state index in [0.29, 0.717) is 29.5 Å². The lowest BCUT2D eigenvalue weighted by Gasteiger charge is -2.38. The summed E-state index contributed by atoms with van der Waals surface area (Å²) in [4.78, 5) is 26.2. The summed E-state index contributed by atoms with van der Waals surface area (Å²) in [6.07, 6.45) is 7.03. The lowest BCUT2D eigenvalue weighted by Crippen LogP contribution is -2.50. The number of aliphatic hydroxyl groups excluding tert-OH is 1. The Morgan fingerprint density at radius 2 is 1.92 bits per heavy atom. The van der Waals surface area contributed by atoms with Crippen molar-refractivity contribution in [3.8, 4) is 17.7 Å². The molecular weight excluding hydrogens is 456 g/mol. The Morgan fingerprint density at radius 1 is 1.19 bits per heavy atom. The first kappa shape index (κ1) is 26.1. The van der Waals surface area contributed by atoms with Crippen LogP contribution in [-0.4, -0.2) is 89.4 Å². The van der Waals surface area contributed by atoms with Crippen LogP contribution in [0.3, 0.4) is 0 Å². The fraction of sp³-hybridized carbons (Fsp3) is 0.536. The highest BCUT2D eigenvalue weighted by Crippen LogP contribution is 2.27. The van der Waals surface area contributed by atoms with E-state index >= 15 is 0 Å². The van der Waals surface area contributed by atoms with Crippen LogP contribution in [0.4, 0.5) is 0 Å². The Kier molecular flexibility index (Phi) is 8.92. The van der Waals surface area contributed by atoms with Crippen molar-refractivity contribution in [2.45, 2.75) is 38.8 Å². The minimum Gasteiger partial charge on any atom is -0.472 e. The number of amides is 1. The average Bonchev–Trinajstić information content (AvgIpc) is 2.90. The van der Waals surface area contributed by atoms with Crippen LogP contribution in [0.5, 0.6) is 5.88 Å². The zero-order valence-electron chi connectivity index (χ0n) is 21.4. The fourth-order valence-corrected chi connectivity index (χ4v) is 4.72. The standard InChI is InChI=1S/C28H36N4O4/c1-20-16-32(21(2)19-33)28(34)25-14-24(5-4-22-6-10-29-11-7-22)15-30-27(25)36-26(20)18-31(3)17-23-8-12-35-13-9-23/h6-7,10-11,14-15,20-21,23,26,33H,8-9,12-13,16-19H2,1-3H3/t20-,21+,26-/m1/s1. The molecule has 0 spiro atoms. The number of hydrogen-bond donors (Lipinski definition) is 1. The second-order valence-corrected chi connectivity index (χ2v) is 9.96. The highest BCUT2D eigenvalue weighted by Gasteiger charge is 2.34. The van der Waals surface area contributed by atoms with Crippen molar-refractivity contribution in [3.05, 3.63) is 53.5 Å². The van der Waals surface area contributed by atoms with Crippen LogP contribution >= 0.6 is 0 Å². The Hall–Kier alpha value is -2.99. The number of likely N-dealkylation sites (N-methyl/N-ethyl adjacent to an activating group) is 1. The molecule has 2 aliphatic rings. The summed E-state index contributed by atoms with van der Waals surface area (Å²) < 4.78 is 11.9. The number of carbonyl (C=O) groups is 1. The van der Waals surface area contributed by atoms with Crippen molar-refractivity contribution in [1.29, 1.82) is 0 Å². The monoisotopic (exact) mass is 492 g/mol. The van der Waals surface area contributed by atoms with Gasteiger partial charge in [0.05, 0.1) is 12.6 Å². The molecular formula is C28H36N4O4. The van der Waals surface area contributed by atoms with Gasteiger partial charge in [-0.2, -0.15) is 0 Å². The molecule has 36 heavy (non-hydrogen) atoms. The molecule has 0 aliphatic carbocycles. The quantitative estimate of drug-likeness (QED) is 0.620. The Bertz CT molecular complexity index is 1080. The summed E-state index contributed by atoms with van der Waals surface area (Å²) in [7, 11) is 2.12. The third-order valence-corrected chi connectivity index (χ3v) is 6.95. The van der Waals surface area contributed by atoms with Gasteiger partial charge in [0, 0.05) is 68.5 Å². The molecule has 2 aromatic heterocycles. The van der Waals surface area contributed by atoms with E-state index in [1.165, 1.54) is 0 Å². The predicted octanol–water partition coefficient (Wildman–Crippen LogP) is 2.45. The first-order valence-electron chi connectivity index (χ1n) is 12.7. The van der Waals surface area contributed by atoms with Crippen LogP contribution in [0.15, 0.2) is 36.8 Å². The maximum Gasteiger partial charge on any atom is 0.259 e. The largest absolute Gasteiger partial charge is 0.472 e. The Balaban J connectivity index is 1.59. The molecule has 2 aliphatic heterocycles. The Morgan fingerprint density at radius 3 is 2.64 bits per heavy atom. The Labute approximate surface area is 213 Å². The van der Waals surface area contributed by atoms with Gasteiger partial charge < -0.3 is 24.4 Å². The summed E-state index contributed by atoms with van der Waals surface area (Å²) in [5.74, 6) is 6.97. The van der Waals surface area contributed by atoms with Gasteiger partial charge in [0.1, 0.15) is 11.7 Å². The number of aromatic nitrogens is 2. The van der Waals surface area contributed by atoms with Crippen molar-refractivity contribution in [2.24, 2.45) is 11.8 Å². The van der Waals surface area contributed by atoms with E-state index in [9.17, 15) is 9.90 Å². The van der Waals surface area contributed by atoms with Gasteiger partial charge in [-0.1, -0.05) is 18.8 Å². The summed E-state index contributed by atoms with van der Waals surface area (Å²) in [5.41, 5.74) is 1.83. The highest BCUT2D eigenvalue weighted by molar-refractivity contribution is 5.97. The first-order valence-corrected chi connectivity index (χ1v) is 12.7. The molecule has 0 bridgehead atoms. The number of aliphatic hydroxyl groups is 1. The second-order valence-electron chi connectivity index (χ2n) is 9.96. The van der Waals surface area contributed by atoms with Crippen molar-refractivity contribution in [2.75, 3.05) is 46.5 Å². The SMILES string of the molecule is C[C@@H]1CN([C@@H](C)CO)C(=O)c2cc(C#Cc3ccncc3)cnc2O[C@@H]1CN(C)CC1CCOCC1. The maximum atomic E-state index is 13.6. The van der Waals surface area contributed by atoms with Crippen molar-refractivity contribution < 1.29 is 19.4 Å². The number of hydrogen-bond acceptors (Lipinski definition) is 7. The number of rotatable bonds is 6. The summed E-state index contributed by atoms with van der Waals surface area (Å²) in [6, 6.07) is 5.08. The van der Waals surface area contributed by atoms with Gasteiger partial charge in [-0.05, 0) is 50.9 Å². The molecule has 0 radical (unpaired) electrons. The zero-order valence-corrected chi connectivity index (χ0v) is 21.4. The van der Waals surface area contributed by atoms with E-state index in [-0.39, 0.29) is 30.6 Å². The van der Waals surface area contributed by atoms with Crippen LogP contribution in [0, 0.1) is 23.7 Å². The fourth-order valence-electron chi connectivity index (χ4n) is 4.72. The van der Waals surface area contributed by atoms with Crippen LogP contribution in [0.1, 0.15) is 48.2 Å². The van der Waals surface area contributed by atoms with Crippen LogP contribution in [0.25, 0.3) is 0 Å². The van der Waals surface area contributed by atoms with Crippen molar-refractivity contribution in [3.63, 3.8) is 0 Å². The number of carbonyl (C=O) groups excluding carboxylic acids is 1. The lowest BCUT2D eigenvalue weighted by atomic mass is 9.97. The minimum atomic E-state index is -0.321. The molecule has 0 saturated carbocycles. The van der Waals surface area contributed by atoms with Crippen molar-refractivity contribution >= 4 is 5.91 Å².